The van der Waals surface area contributed by atoms with Gasteiger partial charge in [0.15, 0.2) is 5.78 Å². The second-order valence-electron chi connectivity index (χ2n) is 3.52. The lowest BCUT2D eigenvalue weighted by Gasteiger charge is -2.01. The molecule has 0 spiro atoms. The standard InChI is InChI=1S/C13H14O3/c1-9-4-6-11(7-5-9)8-12(10(2)14)13(15)16-3/h4-8H,1-3H3. The molecule has 0 saturated heterocycles. The number of carbonyl (C=O) groups excluding carboxylic acids is 2. The van der Waals surface area contributed by atoms with Crippen molar-refractivity contribution in [1.82, 2.24) is 0 Å². The van der Waals surface area contributed by atoms with E-state index in [2.05, 4.69) is 4.74 Å². The molecule has 0 fully saturated rings. The highest BCUT2D eigenvalue weighted by atomic mass is 16.5. The van der Waals surface area contributed by atoms with Crippen LogP contribution in [-0.2, 0) is 14.3 Å². The molecule has 0 aliphatic rings. The molecule has 0 bridgehead atoms. The summed E-state index contributed by atoms with van der Waals surface area (Å²) in [7, 11) is 1.26. The van der Waals surface area contributed by atoms with Gasteiger partial charge in [0.2, 0.25) is 0 Å². The van der Waals surface area contributed by atoms with E-state index in [1.165, 1.54) is 20.1 Å². The number of Topliss-reactive ketones (excluding diaryl/α,β-unsaturated/α-hetero) is 1. The Morgan fingerprint density at radius 1 is 1.19 bits per heavy atom. The first-order valence-corrected chi connectivity index (χ1v) is 4.92. The third-order valence-electron chi connectivity index (χ3n) is 2.17. The minimum absolute atomic E-state index is 0.0614. The summed E-state index contributed by atoms with van der Waals surface area (Å²) in [6.45, 7) is 3.32. The fourth-order valence-electron chi connectivity index (χ4n) is 1.24. The highest BCUT2D eigenvalue weighted by Crippen LogP contribution is 2.10. The molecule has 0 aromatic heterocycles. The van der Waals surface area contributed by atoms with Gasteiger partial charge < -0.3 is 4.74 Å². The lowest BCUT2D eigenvalue weighted by Crippen LogP contribution is -2.11. The molecular weight excluding hydrogens is 204 g/mol. The maximum Gasteiger partial charge on any atom is 0.341 e. The second kappa shape index (κ2) is 5.26. The number of carbonyl (C=O) groups is 2. The van der Waals surface area contributed by atoms with Gasteiger partial charge in [0.1, 0.15) is 5.57 Å². The lowest BCUT2D eigenvalue weighted by molar-refractivity contribution is -0.137. The van der Waals surface area contributed by atoms with Crippen LogP contribution in [0.15, 0.2) is 29.8 Å². The number of hydrogen-bond acceptors (Lipinski definition) is 3. The maximum absolute atomic E-state index is 11.3. The summed E-state index contributed by atoms with van der Waals surface area (Å²) in [5, 5.41) is 0. The quantitative estimate of drug-likeness (QED) is 0.338. The van der Waals surface area contributed by atoms with Gasteiger partial charge in [-0.25, -0.2) is 4.79 Å². The molecule has 16 heavy (non-hydrogen) atoms. The molecule has 3 nitrogen and oxygen atoms in total. The molecule has 1 aromatic rings. The zero-order chi connectivity index (χ0) is 12.1. The minimum atomic E-state index is -0.604. The van der Waals surface area contributed by atoms with Crippen LogP contribution in [0.3, 0.4) is 0 Å². The maximum atomic E-state index is 11.3. The normalized spacial score (nSPS) is 11.1. The summed E-state index contributed by atoms with van der Waals surface area (Å²) < 4.78 is 4.54. The van der Waals surface area contributed by atoms with Crippen molar-refractivity contribution in [2.45, 2.75) is 13.8 Å². The first-order valence-electron chi connectivity index (χ1n) is 4.92. The first kappa shape index (κ1) is 12.2. The molecule has 0 radical (unpaired) electrons. The van der Waals surface area contributed by atoms with E-state index in [-0.39, 0.29) is 11.4 Å². The molecule has 0 aliphatic carbocycles. The van der Waals surface area contributed by atoms with Gasteiger partial charge in [0.25, 0.3) is 0 Å². The van der Waals surface area contributed by atoms with E-state index in [0.717, 1.165) is 11.1 Å². The summed E-state index contributed by atoms with van der Waals surface area (Å²) >= 11 is 0. The fourth-order valence-corrected chi connectivity index (χ4v) is 1.24. The molecule has 0 N–H and O–H groups in total. The fraction of sp³-hybridized carbons (Fsp3) is 0.231. The number of esters is 1. The van der Waals surface area contributed by atoms with Crippen LogP contribution in [0.1, 0.15) is 18.1 Å². The number of aryl methyl sites for hydroxylation is 1. The molecule has 84 valence electrons. The van der Waals surface area contributed by atoms with Gasteiger partial charge in [-0.15, -0.1) is 0 Å². The predicted molar refractivity (Wildman–Crippen MR) is 61.9 cm³/mol. The van der Waals surface area contributed by atoms with E-state index < -0.39 is 5.97 Å². The molecular formula is C13H14O3. The number of benzene rings is 1. The van der Waals surface area contributed by atoms with E-state index in [1.54, 1.807) is 0 Å². The second-order valence-corrected chi connectivity index (χ2v) is 3.52. The minimum Gasteiger partial charge on any atom is -0.465 e. The van der Waals surface area contributed by atoms with E-state index >= 15 is 0 Å². The van der Waals surface area contributed by atoms with Crippen LogP contribution in [0.25, 0.3) is 6.08 Å². The van der Waals surface area contributed by atoms with Crippen molar-refractivity contribution in [2.24, 2.45) is 0 Å². The van der Waals surface area contributed by atoms with Crippen LogP contribution < -0.4 is 0 Å². The van der Waals surface area contributed by atoms with Crippen LogP contribution in [0, 0.1) is 6.92 Å². The number of methoxy groups -OCH3 is 1. The van der Waals surface area contributed by atoms with Gasteiger partial charge >= 0.3 is 5.97 Å². The topological polar surface area (TPSA) is 43.4 Å². The molecule has 0 aliphatic heterocycles. The van der Waals surface area contributed by atoms with Crippen molar-refractivity contribution >= 4 is 17.8 Å². The third kappa shape index (κ3) is 3.05. The Labute approximate surface area is 94.7 Å². The average Bonchev–Trinajstić information content (AvgIpc) is 2.27. The summed E-state index contributed by atoms with van der Waals surface area (Å²) in [4.78, 5) is 22.6. The third-order valence-corrected chi connectivity index (χ3v) is 2.17. The summed E-state index contributed by atoms with van der Waals surface area (Å²) in [6.07, 6.45) is 1.54. The predicted octanol–water partition coefficient (Wildman–Crippen LogP) is 2.14. The Bertz CT molecular complexity index is 427. The van der Waals surface area contributed by atoms with Crippen LogP contribution in [0.2, 0.25) is 0 Å². The van der Waals surface area contributed by atoms with Gasteiger partial charge in [-0.2, -0.15) is 0 Å². The summed E-state index contributed by atoms with van der Waals surface area (Å²) in [5.41, 5.74) is 1.99. The number of rotatable bonds is 3. The van der Waals surface area contributed by atoms with Crippen LogP contribution in [-0.4, -0.2) is 18.9 Å². The molecule has 0 atom stereocenters. The van der Waals surface area contributed by atoms with Gasteiger partial charge in [-0.1, -0.05) is 29.8 Å². The van der Waals surface area contributed by atoms with E-state index in [1.807, 2.05) is 31.2 Å². The van der Waals surface area contributed by atoms with E-state index in [0.29, 0.717) is 0 Å². The lowest BCUT2D eigenvalue weighted by atomic mass is 10.1. The molecule has 3 heteroatoms. The molecule has 0 heterocycles. The van der Waals surface area contributed by atoms with Crippen molar-refractivity contribution in [3.8, 4) is 0 Å². The van der Waals surface area contributed by atoms with Crippen LogP contribution in [0.4, 0.5) is 0 Å². The SMILES string of the molecule is COC(=O)C(=Cc1ccc(C)cc1)C(C)=O. The number of hydrogen-bond donors (Lipinski definition) is 0. The van der Waals surface area contributed by atoms with Crippen molar-refractivity contribution in [1.29, 1.82) is 0 Å². The van der Waals surface area contributed by atoms with Gasteiger partial charge in [0.05, 0.1) is 7.11 Å². The Hall–Kier alpha value is -1.90. The average molecular weight is 218 g/mol. The smallest absolute Gasteiger partial charge is 0.341 e. The Morgan fingerprint density at radius 3 is 2.19 bits per heavy atom. The molecule has 0 unspecified atom stereocenters. The molecule has 1 rings (SSSR count). The van der Waals surface area contributed by atoms with Crippen LogP contribution >= 0.6 is 0 Å². The van der Waals surface area contributed by atoms with Crippen molar-refractivity contribution < 1.29 is 14.3 Å². The number of ketones is 1. The first-order chi connectivity index (χ1) is 7.54. The largest absolute Gasteiger partial charge is 0.465 e. The summed E-state index contributed by atoms with van der Waals surface area (Å²) in [5.74, 6) is -0.902. The van der Waals surface area contributed by atoms with Gasteiger partial charge in [-0.05, 0) is 25.5 Å². The van der Waals surface area contributed by atoms with E-state index in [4.69, 9.17) is 0 Å². The van der Waals surface area contributed by atoms with E-state index in [9.17, 15) is 9.59 Å². The van der Waals surface area contributed by atoms with Crippen molar-refractivity contribution in [3.05, 3.63) is 41.0 Å². The number of ether oxygens (including phenoxy) is 1. The zero-order valence-electron chi connectivity index (χ0n) is 9.61. The molecule has 0 amide bonds. The monoisotopic (exact) mass is 218 g/mol. The Balaban J connectivity index is 3.07. The highest BCUT2D eigenvalue weighted by Gasteiger charge is 2.14. The van der Waals surface area contributed by atoms with Crippen molar-refractivity contribution in [2.75, 3.05) is 7.11 Å². The molecule has 0 saturated carbocycles. The Kier molecular flexibility index (Phi) is 4.00. The summed E-state index contributed by atoms with van der Waals surface area (Å²) in [6, 6.07) is 7.53. The molecule has 1 aromatic carbocycles. The van der Waals surface area contributed by atoms with Gasteiger partial charge in [-0.3, -0.25) is 4.79 Å². The van der Waals surface area contributed by atoms with Gasteiger partial charge in [0, 0.05) is 0 Å². The van der Waals surface area contributed by atoms with Crippen molar-refractivity contribution in [3.63, 3.8) is 0 Å². The highest BCUT2D eigenvalue weighted by molar-refractivity contribution is 6.19. The zero-order valence-corrected chi connectivity index (χ0v) is 9.61. The van der Waals surface area contributed by atoms with Crippen LogP contribution in [0.5, 0.6) is 0 Å². The Morgan fingerprint density at radius 2 is 1.75 bits per heavy atom.